The number of ether oxygens (including phenoxy) is 2. The molecule has 1 aliphatic heterocycles. The van der Waals surface area contributed by atoms with E-state index in [0.29, 0.717) is 16.4 Å². The molecule has 1 aliphatic rings. The smallest absolute Gasteiger partial charge is 0.264 e. The highest BCUT2D eigenvalue weighted by molar-refractivity contribution is 7.14. The Bertz CT molecular complexity index is 1020. The highest BCUT2D eigenvalue weighted by Gasteiger charge is 2.14. The molecule has 0 aliphatic carbocycles. The standard InChI is InChI=1S/C20H15N3O3S/c21-10-13-1-4-16(5-2-13)26-11-19(24)23-20-22-17(12-27-20)14-3-6-18-15(9-14)7-8-25-18/h1-6,9,12H,7-8,11H2,(H,22,23,24). The lowest BCUT2D eigenvalue weighted by atomic mass is 10.1. The summed E-state index contributed by atoms with van der Waals surface area (Å²) in [5.41, 5.74) is 3.55. The molecule has 3 aromatic rings. The van der Waals surface area contributed by atoms with Gasteiger partial charge in [-0.25, -0.2) is 4.98 Å². The number of fused-ring (bicyclic) bond motifs is 1. The molecule has 1 N–H and O–H groups in total. The lowest BCUT2D eigenvalue weighted by molar-refractivity contribution is -0.118. The topological polar surface area (TPSA) is 84.2 Å². The van der Waals surface area contributed by atoms with Crippen molar-refractivity contribution in [3.63, 3.8) is 0 Å². The van der Waals surface area contributed by atoms with E-state index in [1.165, 1.54) is 16.9 Å². The molecule has 0 atom stereocenters. The number of rotatable bonds is 5. The monoisotopic (exact) mass is 377 g/mol. The van der Waals surface area contributed by atoms with Gasteiger partial charge in [-0.05, 0) is 48.0 Å². The molecule has 27 heavy (non-hydrogen) atoms. The molecule has 4 rings (SSSR count). The largest absolute Gasteiger partial charge is 0.493 e. The van der Waals surface area contributed by atoms with Gasteiger partial charge in [-0.15, -0.1) is 11.3 Å². The number of hydrogen-bond acceptors (Lipinski definition) is 6. The Kier molecular flexibility index (Phi) is 4.73. The van der Waals surface area contributed by atoms with E-state index in [1.807, 2.05) is 23.6 Å². The molecule has 2 heterocycles. The van der Waals surface area contributed by atoms with Crippen LogP contribution in [0.25, 0.3) is 11.3 Å². The molecule has 1 amide bonds. The van der Waals surface area contributed by atoms with Crippen LogP contribution < -0.4 is 14.8 Å². The van der Waals surface area contributed by atoms with Crippen LogP contribution in [0.4, 0.5) is 5.13 Å². The van der Waals surface area contributed by atoms with Crippen molar-refractivity contribution in [3.05, 3.63) is 59.0 Å². The Morgan fingerprint density at radius 2 is 2.15 bits per heavy atom. The molecule has 0 fully saturated rings. The van der Waals surface area contributed by atoms with Crippen molar-refractivity contribution in [1.29, 1.82) is 5.26 Å². The first-order valence-corrected chi connectivity index (χ1v) is 9.24. The lowest BCUT2D eigenvalue weighted by Gasteiger charge is -2.05. The fourth-order valence-corrected chi connectivity index (χ4v) is 3.48. The Balaban J connectivity index is 1.36. The molecule has 134 valence electrons. The average Bonchev–Trinajstić information content (AvgIpc) is 3.35. The van der Waals surface area contributed by atoms with Gasteiger partial charge in [0, 0.05) is 17.4 Å². The number of benzene rings is 2. The molecular formula is C20H15N3O3S. The van der Waals surface area contributed by atoms with E-state index in [0.717, 1.165) is 30.0 Å². The van der Waals surface area contributed by atoms with Crippen molar-refractivity contribution in [2.24, 2.45) is 0 Å². The van der Waals surface area contributed by atoms with Crippen molar-refractivity contribution < 1.29 is 14.3 Å². The van der Waals surface area contributed by atoms with E-state index >= 15 is 0 Å². The lowest BCUT2D eigenvalue weighted by Crippen LogP contribution is -2.20. The van der Waals surface area contributed by atoms with Crippen LogP contribution in [0.3, 0.4) is 0 Å². The number of carbonyl (C=O) groups excluding carboxylic acids is 1. The molecule has 0 radical (unpaired) electrons. The maximum Gasteiger partial charge on any atom is 0.264 e. The quantitative estimate of drug-likeness (QED) is 0.734. The summed E-state index contributed by atoms with van der Waals surface area (Å²) in [5, 5.41) is 14.0. The Morgan fingerprint density at radius 1 is 1.30 bits per heavy atom. The minimum atomic E-state index is -0.289. The summed E-state index contributed by atoms with van der Waals surface area (Å²) < 4.78 is 10.9. The predicted molar refractivity (Wildman–Crippen MR) is 102 cm³/mol. The number of carbonyl (C=O) groups is 1. The summed E-state index contributed by atoms with van der Waals surface area (Å²) >= 11 is 1.37. The van der Waals surface area contributed by atoms with Crippen LogP contribution in [0, 0.1) is 11.3 Å². The van der Waals surface area contributed by atoms with Gasteiger partial charge in [-0.3, -0.25) is 10.1 Å². The molecule has 6 nitrogen and oxygen atoms in total. The molecule has 0 saturated carbocycles. The van der Waals surface area contributed by atoms with Gasteiger partial charge in [0.25, 0.3) is 5.91 Å². The zero-order chi connectivity index (χ0) is 18.6. The van der Waals surface area contributed by atoms with Crippen LogP contribution in [0.5, 0.6) is 11.5 Å². The number of hydrogen-bond donors (Lipinski definition) is 1. The highest BCUT2D eigenvalue weighted by atomic mass is 32.1. The molecule has 0 saturated heterocycles. The van der Waals surface area contributed by atoms with E-state index in [1.54, 1.807) is 24.3 Å². The first-order chi connectivity index (χ1) is 13.2. The maximum absolute atomic E-state index is 12.1. The Hall–Kier alpha value is -3.37. The van der Waals surface area contributed by atoms with Crippen molar-refractivity contribution in [3.8, 4) is 28.8 Å². The van der Waals surface area contributed by atoms with Crippen molar-refractivity contribution in [2.45, 2.75) is 6.42 Å². The van der Waals surface area contributed by atoms with Crippen LogP contribution in [0.15, 0.2) is 47.8 Å². The molecule has 0 unspecified atom stereocenters. The third kappa shape index (κ3) is 3.91. The number of thiazole rings is 1. The second-order valence-corrected chi connectivity index (χ2v) is 6.79. The van der Waals surface area contributed by atoms with Gasteiger partial charge in [0.05, 0.1) is 23.9 Å². The molecule has 7 heteroatoms. The third-order valence-corrected chi connectivity index (χ3v) is 4.85. The van der Waals surface area contributed by atoms with E-state index < -0.39 is 0 Å². The van der Waals surface area contributed by atoms with Gasteiger partial charge in [0.15, 0.2) is 11.7 Å². The number of aromatic nitrogens is 1. The summed E-state index contributed by atoms with van der Waals surface area (Å²) in [7, 11) is 0. The van der Waals surface area contributed by atoms with Gasteiger partial charge < -0.3 is 9.47 Å². The second kappa shape index (κ2) is 7.48. The highest BCUT2D eigenvalue weighted by Crippen LogP contribution is 2.31. The van der Waals surface area contributed by atoms with Crippen LogP contribution in [-0.2, 0) is 11.2 Å². The van der Waals surface area contributed by atoms with Crippen LogP contribution in [0.1, 0.15) is 11.1 Å². The van der Waals surface area contributed by atoms with Gasteiger partial charge in [-0.1, -0.05) is 0 Å². The zero-order valence-corrected chi connectivity index (χ0v) is 15.1. The maximum atomic E-state index is 12.1. The predicted octanol–water partition coefficient (Wildman–Crippen LogP) is 3.63. The van der Waals surface area contributed by atoms with E-state index in [2.05, 4.69) is 16.4 Å². The minimum Gasteiger partial charge on any atom is -0.493 e. The minimum absolute atomic E-state index is 0.128. The average molecular weight is 377 g/mol. The van der Waals surface area contributed by atoms with E-state index in [9.17, 15) is 4.79 Å². The Morgan fingerprint density at radius 3 is 2.96 bits per heavy atom. The first kappa shape index (κ1) is 17.1. The normalized spacial score (nSPS) is 12.0. The van der Waals surface area contributed by atoms with Crippen molar-refractivity contribution in [1.82, 2.24) is 4.98 Å². The van der Waals surface area contributed by atoms with E-state index in [4.69, 9.17) is 14.7 Å². The SMILES string of the molecule is N#Cc1ccc(OCC(=O)Nc2nc(-c3ccc4c(c3)CCO4)cs2)cc1. The molecule has 0 spiro atoms. The number of nitriles is 1. The van der Waals surface area contributed by atoms with Gasteiger partial charge in [0.1, 0.15) is 11.5 Å². The van der Waals surface area contributed by atoms with Crippen LogP contribution in [0.2, 0.25) is 0 Å². The zero-order valence-electron chi connectivity index (χ0n) is 14.3. The molecular weight excluding hydrogens is 362 g/mol. The van der Waals surface area contributed by atoms with Gasteiger partial charge in [0.2, 0.25) is 0 Å². The summed E-state index contributed by atoms with van der Waals surface area (Å²) in [6.45, 7) is 0.591. The van der Waals surface area contributed by atoms with Crippen LogP contribution in [-0.4, -0.2) is 24.1 Å². The number of anilines is 1. The van der Waals surface area contributed by atoms with Gasteiger partial charge in [-0.2, -0.15) is 5.26 Å². The Labute approximate surface area is 160 Å². The number of amides is 1. The van der Waals surface area contributed by atoms with E-state index in [-0.39, 0.29) is 12.5 Å². The second-order valence-electron chi connectivity index (χ2n) is 5.93. The fraction of sp³-hybridized carbons (Fsp3) is 0.150. The fourth-order valence-electron chi connectivity index (χ4n) is 2.74. The molecule has 2 aromatic carbocycles. The molecule has 1 aromatic heterocycles. The van der Waals surface area contributed by atoms with Crippen molar-refractivity contribution >= 4 is 22.4 Å². The third-order valence-electron chi connectivity index (χ3n) is 4.09. The number of nitrogens with one attached hydrogen (secondary N) is 1. The van der Waals surface area contributed by atoms with Crippen LogP contribution >= 0.6 is 11.3 Å². The van der Waals surface area contributed by atoms with Crippen molar-refractivity contribution in [2.75, 3.05) is 18.5 Å². The van der Waals surface area contributed by atoms with Gasteiger partial charge >= 0.3 is 0 Å². The summed E-state index contributed by atoms with van der Waals surface area (Å²) in [5.74, 6) is 1.18. The summed E-state index contributed by atoms with van der Waals surface area (Å²) in [6, 6.07) is 14.6. The molecule has 0 bridgehead atoms. The number of nitrogens with zero attached hydrogens (tertiary/aromatic N) is 2. The summed E-state index contributed by atoms with van der Waals surface area (Å²) in [4.78, 5) is 16.5. The summed E-state index contributed by atoms with van der Waals surface area (Å²) in [6.07, 6.45) is 0.906. The first-order valence-electron chi connectivity index (χ1n) is 8.36.